The van der Waals surface area contributed by atoms with Crippen molar-refractivity contribution in [1.29, 1.82) is 0 Å². The van der Waals surface area contributed by atoms with E-state index in [1.807, 2.05) is 13.1 Å². The molecule has 1 aromatic heterocycles. The Kier molecular flexibility index (Phi) is 4.70. The first-order chi connectivity index (χ1) is 10.4. The predicted molar refractivity (Wildman–Crippen MR) is 83.2 cm³/mol. The molecule has 0 saturated carbocycles. The molecule has 1 atom stereocenters. The number of nitrogens with one attached hydrogen (secondary N) is 1. The van der Waals surface area contributed by atoms with Gasteiger partial charge in [0.2, 0.25) is 0 Å². The highest BCUT2D eigenvalue weighted by Crippen LogP contribution is 2.23. The summed E-state index contributed by atoms with van der Waals surface area (Å²) >= 11 is 0. The lowest BCUT2D eigenvalue weighted by Crippen LogP contribution is -2.41. The van der Waals surface area contributed by atoms with E-state index in [1.54, 1.807) is 12.5 Å². The number of rotatable bonds is 5. The minimum absolute atomic E-state index is 0.349. The van der Waals surface area contributed by atoms with Crippen molar-refractivity contribution < 1.29 is 9.15 Å². The Morgan fingerprint density at radius 3 is 2.48 bits per heavy atom. The monoisotopic (exact) mass is 286 g/mol. The normalized spacial score (nSPS) is 17.8. The first-order valence-corrected chi connectivity index (χ1v) is 7.47. The van der Waals surface area contributed by atoms with E-state index in [2.05, 4.69) is 34.5 Å². The fraction of sp³-hybridized carbons (Fsp3) is 0.412. The Morgan fingerprint density at radius 2 is 1.86 bits per heavy atom. The zero-order valence-electron chi connectivity index (χ0n) is 12.4. The second-order valence-electron chi connectivity index (χ2n) is 5.39. The third-order valence-electron chi connectivity index (χ3n) is 4.06. The number of nitrogens with zero attached hydrogens (tertiary/aromatic N) is 1. The van der Waals surface area contributed by atoms with Gasteiger partial charge >= 0.3 is 0 Å². The van der Waals surface area contributed by atoms with Crippen molar-refractivity contribution in [2.24, 2.45) is 0 Å². The van der Waals surface area contributed by atoms with E-state index in [-0.39, 0.29) is 0 Å². The van der Waals surface area contributed by atoms with Crippen LogP contribution in [0, 0.1) is 0 Å². The summed E-state index contributed by atoms with van der Waals surface area (Å²) in [4.78, 5) is 2.45. The Balaban J connectivity index is 1.68. The molecule has 1 saturated heterocycles. The maximum atomic E-state index is 5.41. The summed E-state index contributed by atoms with van der Waals surface area (Å²) in [5.41, 5.74) is 3.63. The quantitative estimate of drug-likeness (QED) is 0.916. The van der Waals surface area contributed by atoms with Gasteiger partial charge in [0.15, 0.2) is 0 Å². The zero-order chi connectivity index (χ0) is 14.5. The Labute approximate surface area is 125 Å². The molecule has 0 aliphatic carbocycles. The smallest absolute Gasteiger partial charge is 0.0980 e. The summed E-state index contributed by atoms with van der Waals surface area (Å²) in [7, 11) is 2.02. The first kappa shape index (κ1) is 14.3. The standard InChI is InChI=1S/C17H22N2O2/c1-18-17(12-19-7-10-20-11-8-19)15-4-2-14(3-5-15)16-6-9-21-13-16/h2-6,9,13,17-18H,7-8,10-12H2,1H3. The second-order valence-corrected chi connectivity index (χ2v) is 5.39. The minimum Gasteiger partial charge on any atom is -0.472 e. The van der Waals surface area contributed by atoms with Gasteiger partial charge in [0.05, 0.1) is 25.7 Å². The molecule has 1 aliphatic heterocycles. The van der Waals surface area contributed by atoms with Crippen molar-refractivity contribution in [2.75, 3.05) is 39.9 Å². The molecule has 0 radical (unpaired) electrons. The van der Waals surface area contributed by atoms with Crippen molar-refractivity contribution in [3.05, 3.63) is 48.4 Å². The van der Waals surface area contributed by atoms with Gasteiger partial charge in [-0.05, 0) is 24.2 Å². The molecular weight excluding hydrogens is 264 g/mol. The SMILES string of the molecule is CNC(CN1CCOCC1)c1ccc(-c2ccoc2)cc1. The van der Waals surface area contributed by atoms with Gasteiger partial charge in [0.25, 0.3) is 0 Å². The molecular formula is C17H22N2O2. The van der Waals surface area contributed by atoms with Crippen LogP contribution in [0.5, 0.6) is 0 Å². The van der Waals surface area contributed by atoms with E-state index in [4.69, 9.17) is 9.15 Å². The molecule has 1 unspecified atom stereocenters. The number of furan rings is 1. The molecule has 2 heterocycles. The van der Waals surface area contributed by atoms with E-state index in [0.717, 1.165) is 38.4 Å². The number of morpholine rings is 1. The molecule has 3 rings (SSSR count). The van der Waals surface area contributed by atoms with E-state index < -0.39 is 0 Å². The summed E-state index contributed by atoms with van der Waals surface area (Å²) in [6.45, 7) is 4.74. The van der Waals surface area contributed by atoms with Crippen LogP contribution in [0.15, 0.2) is 47.3 Å². The largest absolute Gasteiger partial charge is 0.472 e. The van der Waals surface area contributed by atoms with Crippen LogP contribution in [-0.4, -0.2) is 44.8 Å². The number of benzene rings is 1. The minimum atomic E-state index is 0.349. The third-order valence-corrected chi connectivity index (χ3v) is 4.06. The highest BCUT2D eigenvalue weighted by molar-refractivity contribution is 5.62. The van der Waals surface area contributed by atoms with Gasteiger partial charge < -0.3 is 14.5 Å². The van der Waals surface area contributed by atoms with E-state index in [0.29, 0.717) is 6.04 Å². The predicted octanol–water partition coefficient (Wildman–Crippen LogP) is 2.54. The summed E-state index contributed by atoms with van der Waals surface area (Å²) < 4.78 is 10.5. The van der Waals surface area contributed by atoms with Gasteiger partial charge in [-0.25, -0.2) is 0 Å². The average molecular weight is 286 g/mol. The average Bonchev–Trinajstić information content (AvgIpc) is 3.08. The number of hydrogen-bond acceptors (Lipinski definition) is 4. The highest BCUT2D eigenvalue weighted by Gasteiger charge is 2.17. The lowest BCUT2D eigenvalue weighted by Gasteiger charge is -2.30. The van der Waals surface area contributed by atoms with Gasteiger partial charge in [0, 0.05) is 31.2 Å². The van der Waals surface area contributed by atoms with Crippen LogP contribution in [0.25, 0.3) is 11.1 Å². The summed E-state index contributed by atoms with van der Waals surface area (Å²) in [5, 5.41) is 3.42. The van der Waals surface area contributed by atoms with Crippen molar-refractivity contribution in [2.45, 2.75) is 6.04 Å². The zero-order valence-corrected chi connectivity index (χ0v) is 12.4. The van der Waals surface area contributed by atoms with Crippen LogP contribution in [0.3, 0.4) is 0 Å². The Hall–Kier alpha value is -1.62. The third kappa shape index (κ3) is 3.53. The lowest BCUT2D eigenvalue weighted by atomic mass is 10.0. The number of likely N-dealkylation sites (N-methyl/N-ethyl adjacent to an activating group) is 1. The maximum Gasteiger partial charge on any atom is 0.0980 e. The van der Waals surface area contributed by atoms with Crippen LogP contribution >= 0.6 is 0 Å². The van der Waals surface area contributed by atoms with E-state index >= 15 is 0 Å². The molecule has 1 fully saturated rings. The van der Waals surface area contributed by atoms with Crippen LogP contribution in [-0.2, 0) is 4.74 Å². The Bertz CT molecular complexity index is 530. The summed E-state index contributed by atoms with van der Waals surface area (Å²) in [5.74, 6) is 0. The van der Waals surface area contributed by atoms with Gasteiger partial charge in [0.1, 0.15) is 0 Å². The molecule has 1 aromatic carbocycles. The molecule has 2 aromatic rings. The van der Waals surface area contributed by atoms with Gasteiger partial charge in [-0.15, -0.1) is 0 Å². The second kappa shape index (κ2) is 6.89. The van der Waals surface area contributed by atoms with Crippen LogP contribution in [0.1, 0.15) is 11.6 Å². The molecule has 4 nitrogen and oxygen atoms in total. The summed E-state index contributed by atoms with van der Waals surface area (Å²) in [6.07, 6.45) is 3.48. The highest BCUT2D eigenvalue weighted by atomic mass is 16.5. The maximum absolute atomic E-state index is 5.41. The first-order valence-electron chi connectivity index (χ1n) is 7.47. The van der Waals surface area contributed by atoms with Crippen LogP contribution in [0.4, 0.5) is 0 Å². The molecule has 1 N–H and O–H groups in total. The van der Waals surface area contributed by atoms with E-state index in [1.165, 1.54) is 11.1 Å². The van der Waals surface area contributed by atoms with Gasteiger partial charge in [-0.2, -0.15) is 0 Å². The van der Waals surface area contributed by atoms with Crippen molar-refractivity contribution in [3.8, 4) is 11.1 Å². The van der Waals surface area contributed by atoms with Crippen molar-refractivity contribution >= 4 is 0 Å². The van der Waals surface area contributed by atoms with Crippen LogP contribution < -0.4 is 5.32 Å². The molecule has 1 aliphatic rings. The van der Waals surface area contributed by atoms with E-state index in [9.17, 15) is 0 Å². The molecule has 0 amide bonds. The fourth-order valence-corrected chi connectivity index (χ4v) is 2.74. The van der Waals surface area contributed by atoms with Gasteiger partial charge in [-0.1, -0.05) is 24.3 Å². The Morgan fingerprint density at radius 1 is 1.10 bits per heavy atom. The topological polar surface area (TPSA) is 37.6 Å². The van der Waals surface area contributed by atoms with Gasteiger partial charge in [-0.3, -0.25) is 4.90 Å². The molecule has 112 valence electrons. The lowest BCUT2D eigenvalue weighted by molar-refractivity contribution is 0.0338. The molecule has 0 bridgehead atoms. The molecule has 0 spiro atoms. The molecule has 21 heavy (non-hydrogen) atoms. The van der Waals surface area contributed by atoms with Crippen molar-refractivity contribution in [3.63, 3.8) is 0 Å². The number of ether oxygens (including phenoxy) is 1. The summed E-state index contributed by atoms with van der Waals surface area (Å²) in [6, 6.07) is 11.0. The molecule has 4 heteroatoms. The fourth-order valence-electron chi connectivity index (χ4n) is 2.74. The van der Waals surface area contributed by atoms with Crippen LogP contribution in [0.2, 0.25) is 0 Å². The number of hydrogen-bond donors (Lipinski definition) is 1. The van der Waals surface area contributed by atoms with Crippen molar-refractivity contribution in [1.82, 2.24) is 10.2 Å².